The number of H-pyrrole nitrogens is 1. The number of hydrogen-bond acceptors (Lipinski definition) is 5. The molecule has 7 rings (SSSR count). The molecule has 1 amide bonds. The van der Waals surface area contributed by atoms with Crippen molar-refractivity contribution in [2.24, 2.45) is 19.1 Å². The molecule has 0 aromatic carbocycles. The Morgan fingerprint density at radius 3 is 2.64 bits per heavy atom. The Morgan fingerprint density at radius 1 is 0.970 bits per heavy atom. The van der Waals surface area contributed by atoms with Crippen molar-refractivity contribution >= 4 is 66.1 Å². The zero-order valence-corrected chi connectivity index (χ0v) is 20.0. The van der Waals surface area contributed by atoms with Crippen LogP contribution in [0.3, 0.4) is 0 Å². The summed E-state index contributed by atoms with van der Waals surface area (Å²) in [5.74, 6) is -0.334. The number of carbonyl (C=O) groups excluding carboxylic acids is 1. The topological polar surface area (TPSA) is 75.3 Å². The maximum absolute atomic E-state index is 12.8. The number of aryl methyl sites for hydroxylation is 2. The Morgan fingerprint density at radius 2 is 1.82 bits per heavy atom. The minimum Gasteiger partial charge on any atom is -0.494 e. The van der Waals surface area contributed by atoms with E-state index >= 15 is 0 Å². The summed E-state index contributed by atoms with van der Waals surface area (Å²) in [7, 11) is 4.17. The Balaban J connectivity index is 1.34. The normalized spacial score (nSPS) is 13.5. The molecule has 2 N–H and O–H groups in total. The summed E-state index contributed by atoms with van der Waals surface area (Å²) < 4.78 is 6.95. The molecule has 0 bridgehead atoms. The van der Waals surface area contributed by atoms with E-state index in [4.69, 9.17) is 0 Å². The van der Waals surface area contributed by atoms with E-state index in [-0.39, 0.29) is 11.8 Å². The van der Waals surface area contributed by atoms with Crippen molar-refractivity contribution in [3.05, 3.63) is 64.0 Å². The third-order valence-corrected chi connectivity index (χ3v) is 9.26. The van der Waals surface area contributed by atoms with Gasteiger partial charge in [0, 0.05) is 20.3 Å². The number of nitrogens with zero attached hydrogens (tertiary/aromatic N) is 3. The minimum absolute atomic E-state index is 0.0153. The maximum Gasteiger partial charge on any atom is 0.280 e. The van der Waals surface area contributed by atoms with E-state index in [9.17, 15) is 9.90 Å². The van der Waals surface area contributed by atoms with E-state index in [2.05, 4.69) is 57.6 Å². The van der Waals surface area contributed by atoms with Gasteiger partial charge in [0.05, 0.1) is 63.3 Å². The third kappa shape index (κ3) is 2.52. The lowest BCUT2D eigenvalue weighted by molar-refractivity contribution is 0.101. The van der Waals surface area contributed by atoms with Gasteiger partial charge >= 0.3 is 0 Å². The lowest BCUT2D eigenvalue weighted by Gasteiger charge is -2.02. The van der Waals surface area contributed by atoms with Crippen LogP contribution < -0.4 is 0 Å². The van der Waals surface area contributed by atoms with Gasteiger partial charge in [-0.1, -0.05) is 6.07 Å². The summed E-state index contributed by atoms with van der Waals surface area (Å²) in [4.78, 5) is 23.0. The van der Waals surface area contributed by atoms with E-state index in [0.29, 0.717) is 22.5 Å². The van der Waals surface area contributed by atoms with Crippen LogP contribution in [0.25, 0.3) is 41.6 Å². The summed E-state index contributed by atoms with van der Waals surface area (Å²) in [5.41, 5.74) is 5.72. The van der Waals surface area contributed by atoms with Crippen molar-refractivity contribution in [3.8, 4) is 27.0 Å². The number of aromatic nitrogens is 3. The molecule has 33 heavy (non-hydrogen) atoms. The fourth-order valence-electron chi connectivity index (χ4n) is 4.69. The van der Waals surface area contributed by atoms with Crippen LogP contribution in [0.5, 0.6) is 5.88 Å². The van der Waals surface area contributed by atoms with Gasteiger partial charge in [0.2, 0.25) is 0 Å². The summed E-state index contributed by atoms with van der Waals surface area (Å²) in [6.45, 7) is 0. The lowest BCUT2D eigenvalue weighted by Crippen LogP contribution is -1.96. The predicted molar refractivity (Wildman–Crippen MR) is 136 cm³/mol. The molecular weight excluding hydrogens is 472 g/mol. The van der Waals surface area contributed by atoms with E-state index in [1.165, 1.54) is 31.8 Å². The minimum atomic E-state index is -0.319. The number of thiophene rings is 3. The van der Waals surface area contributed by atoms with Crippen LogP contribution in [0.2, 0.25) is 0 Å². The van der Waals surface area contributed by atoms with Gasteiger partial charge < -0.3 is 19.2 Å². The highest BCUT2D eigenvalue weighted by Gasteiger charge is 2.34. The number of nitrogens with one attached hydrogen (secondary N) is 1. The molecule has 0 saturated heterocycles. The van der Waals surface area contributed by atoms with E-state index in [1.54, 1.807) is 22.7 Å². The average molecular weight is 489 g/mol. The molecule has 9 heteroatoms. The molecule has 6 aromatic heterocycles. The molecule has 0 spiro atoms. The zero-order valence-electron chi connectivity index (χ0n) is 17.5. The van der Waals surface area contributed by atoms with Crippen LogP contribution in [0.4, 0.5) is 0 Å². The molecule has 0 aliphatic carbocycles. The Kier molecular flexibility index (Phi) is 3.80. The van der Waals surface area contributed by atoms with E-state index in [1.807, 2.05) is 23.6 Å². The highest BCUT2D eigenvalue weighted by atomic mass is 32.1. The fourth-order valence-corrected chi connectivity index (χ4v) is 7.68. The van der Waals surface area contributed by atoms with E-state index in [0.717, 1.165) is 20.3 Å². The molecule has 7 heterocycles. The van der Waals surface area contributed by atoms with Gasteiger partial charge in [-0.25, -0.2) is 4.99 Å². The first-order chi connectivity index (χ1) is 16.0. The maximum atomic E-state index is 12.8. The second kappa shape index (κ2) is 6.57. The number of rotatable bonds is 3. The zero-order chi connectivity index (χ0) is 22.4. The first-order valence-electron chi connectivity index (χ1n) is 10.3. The van der Waals surface area contributed by atoms with Crippen LogP contribution in [-0.4, -0.2) is 30.8 Å². The van der Waals surface area contributed by atoms with Gasteiger partial charge in [-0.3, -0.25) is 4.79 Å². The number of hydrogen-bond donors (Lipinski definition) is 2. The van der Waals surface area contributed by atoms with E-state index < -0.39 is 0 Å². The number of fused-ring (bicyclic) bond motifs is 4. The Labute approximate surface area is 199 Å². The highest BCUT2D eigenvalue weighted by Crippen LogP contribution is 2.44. The highest BCUT2D eigenvalue weighted by molar-refractivity contribution is 7.26. The fraction of sp³-hybridized carbons (Fsp3) is 0.0833. The number of aliphatic imine (C=N–C) groups is 1. The molecule has 0 atom stereocenters. The average Bonchev–Trinajstić information content (AvgIpc) is 3.60. The first kappa shape index (κ1) is 19.1. The van der Waals surface area contributed by atoms with Crippen molar-refractivity contribution < 1.29 is 9.90 Å². The van der Waals surface area contributed by atoms with Gasteiger partial charge in [-0.2, -0.15) is 0 Å². The second-order valence-electron chi connectivity index (χ2n) is 8.05. The predicted octanol–water partition coefficient (Wildman–Crippen LogP) is 6.21. The van der Waals surface area contributed by atoms with Crippen molar-refractivity contribution in [2.45, 2.75) is 0 Å². The molecule has 0 radical (unpaired) electrons. The third-order valence-electron chi connectivity index (χ3n) is 6.18. The number of aromatic hydroxyl groups is 1. The molecule has 162 valence electrons. The largest absolute Gasteiger partial charge is 0.494 e. The van der Waals surface area contributed by atoms with Crippen molar-refractivity contribution in [1.29, 1.82) is 0 Å². The first-order valence-corrected chi connectivity index (χ1v) is 12.8. The molecular formula is C24H16N4O2S3. The second-order valence-corrected chi connectivity index (χ2v) is 11.2. The standard InChI is InChI=1S/C24H16N4O2S3/c1-27-8-7-15-21(27)22-16(33-15)10-11(28(22)2)12-5-6-14(32-12)20-18-17(23(29)26-20)19(25-24(18)30)13-4-3-9-31-13/h3-10,26,29H,1-2H3. The number of amides is 1. The van der Waals surface area contributed by atoms with Crippen molar-refractivity contribution in [2.75, 3.05) is 0 Å². The number of carbonyl (C=O) groups is 1. The van der Waals surface area contributed by atoms with Gasteiger partial charge in [-0.15, -0.1) is 34.0 Å². The molecule has 1 aliphatic rings. The molecule has 0 unspecified atom stereocenters. The molecule has 6 aromatic rings. The van der Waals surface area contributed by atoms with Crippen LogP contribution in [0.15, 0.2) is 53.0 Å². The Hall–Kier alpha value is -3.40. The summed E-state index contributed by atoms with van der Waals surface area (Å²) in [6.07, 6.45) is 2.10. The quantitative estimate of drug-likeness (QED) is 0.311. The molecule has 0 saturated carbocycles. The summed E-state index contributed by atoms with van der Waals surface area (Å²) >= 11 is 4.90. The van der Waals surface area contributed by atoms with Gasteiger partial charge in [0.15, 0.2) is 5.88 Å². The number of aromatic amines is 1. The van der Waals surface area contributed by atoms with Crippen LogP contribution in [0.1, 0.15) is 20.8 Å². The lowest BCUT2D eigenvalue weighted by atomic mass is 10.1. The van der Waals surface area contributed by atoms with Crippen molar-refractivity contribution in [3.63, 3.8) is 0 Å². The summed E-state index contributed by atoms with van der Waals surface area (Å²) in [5, 5.41) is 12.6. The van der Waals surface area contributed by atoms with Gasteiger partial charge in [0.25, 0.3) is 5.91 Å². The van der Waals surface area contributed by atoms with Crippen LogP contribution in [0, 0.1) is 0 Å². The monoisotopic (exact) mass is 488 g/mol. The Bertz CT molecular complexity index is 1770. The molecule has 6 nitrogen and oxygen atoms in total. The molecule has 0 fully saturated rings. The van der Waals surface area contributed by atoms with Crippen LogP contribution in [-0.2, 0) is 14.1 Å². The van der Waals surface area contributed by atoms with Crippen molar-refractivity contribution in [1.82, 2.24) is 14.1 Å². The SMILES string of the molecule is Cn1ccc2sc3cc(-c4ccc(-c5[nH]c(O)c6c5C(=O)N=C6c5cccs5)s4)n(C)c3c21. The molecule has 1 aliphatic heterocycles. The summed E-state index contributed by atoms with van der Waals surface area (Å²) in [6, 6.07) is 12.3. The van der Waals surface area contributed by atoms with Crippen LogP contribution >= 0.6 is 34.0 Å². The van der Waals surface area contributed by atoms with Gasteiger partial charge in [-0.05, 0) is 35.7 Å². The smallest absolute Gasteiger partial charge is 0.280 e. The van der Waals surface area contributed by atoms with Gasteiger partial charge in [0.1, 0.15) is 0 Å².